The Morgan fingerprint density at radius 3 is 2.32 bits per heavy atom. The van der Waals surface area contributed by atoms with Gasteiger partial charge in [-0.05, 0) is 19.4 Å². The van der Waals surface area contributed by atoms with E-state index >= 15 is 0 Å². The number of hydrogen-bond donors (Lipinski definition) is 2. The van der Waals surface area contributed by atoms with Crippen molar-refractivity contribution >= 4 is 30.1 Å². The Bertz CT molecular complexity index is 445. The highest BCUT2D eigenvalue weighted by molar-refractivity contribution is 6.08. The van der Waals surface area contributed by atoms with Crippen molar-refractivity contribution in [3.8, 4) is 0 Å². The van der Waals surface area contributed by atoms with Crippen LogP contribution in [0.25, 0.3) is 0 Å². The minimum absolute atomic E-state index is 0. The number of nitrogens with zero attached hydrogens (tertiary/aromatic N) is 1. The largest absolute Gasteiger partial charge is 0.373 e. The SMILES string of the molecule is CCNCCNC(=O)CN1C(=O)C2C3CCC(O3)C2C1=O.Cl. The Kier molecular flexibility index (Phi) is 5.41. The van der Waals surface area contributed by atoms with Gasteiger partial charge < -0.3 is 15.4 Å². The second-order valence-electron chi connectivity index (χ2n) is 5.81. The normalized spacial score (nSPS) is 32.1. The monoisotopic (exact) mass is 331 g/mol. The van der Waals surface area contributed by atoms with Gasteiger partial charge in [0.2, 0.25) is 17.7 Å². The molecule has 0 aromatic carbocycles. The van der Waals surface area contributed by atoms with E-state index in [1.165, 1.54) is 0 Å². The van der Waals surface area contributed by atoms with Crippen LogP contribution in [0.5, 0.6) is 0 Å². The Balaban J connectivity index is 0.00000176. The third-order valence-corrected chi connectivity index (χ3v) is 4.55. The molecule has 3 fully saturated rings. The first-order valence-electron chi connectivity index (χ1n) is 7.61. The summed E-state index contributed by atoms with van der Waals surface area (Å²) >= 11 is 0. The number of imide groups is 1. The molecule has 0 aromatic rings. The first kappa shape index (κ1) is 17.2. The number of fused-ring (bicyclic) bond motifs is 5. The molecule has 2 bridgehead atoms. The lowest BCUT2D eigenvalue weighted by Gasteiger charge is -2.17. The van der Waals surface area contributed by atoms with E-state index in [4.69, 9.17) is 4.74 Å². The molecule has 3 aliphatic rings. The number of hydrogen-bond acceptors (Lipinski definition) is 5. The summed E-state index contributed by atoms with van der Waals surface area (Å²) in [7, 11) is 0. The summed E-state index contributed by atoms with van der Waals surface area (Å²) in [6.07, 6.45) is 1.43. The molecule has 3 rings (SSSR count). The number of carbonyl (C=O) groups is 3. The predicted octanol–water partition coefficient (Wildman–Crippen LogP) is -0.704. The average molecular weight is 332 g/mol. The van der Waals surface area contributed by atoms with Crippen molar-refractivity contribution in [1.82, 2.24) is 15.5 Å². The van der Waals surface area contributed by atoms with E-state index in [1.54, 1.807) is 0 Å². The fraction of sp³-hybridized carbons (Fsp3) is 0.786. The third kappa shape index (κ3) is 2.85. The fourth-order valence-electron chi connectivity index (χ4n) is 3.60. The lowest BCUT2D eigenvalue weighted by atomic mass is 9.81. The highest BCUT2D eigenvalue weighted by Gasteiger charge is 2.62. The number of carbonyl (C=O) groups excluding carboxylic acids is 3. The lowest BCUT2D eigenvalue weighted by Crippen LogP contribution is -2.43. The molecule has 0 aliphatic carbocycles. The van der Waals surface area contributed by atoms with Crippen LogP contribution in [0.2, 0.25) is 0 Å². The molecule has 3 aliphatic heterocycles. The van der Waals surface area contributed by atoms with Gasteiger partial charge in [0.1, 0.15) is 6.54 Å². The summed E-state index contributed by atoms with van der Waals surface area (Å²) in [5.74, 6) is -1.47. The zero-order chi connectivity index (χ0) is 15.0. The van der Waals surface area contributed by atoms with E-state index in [2.05, 4.69) is 10.6 Å². The molecule has 2 N–H and O–H groups in total. The van der Waals surface area contributed by atoms with Crippen LogP contribution in [-0.2, 0) is 19.1 Å². The molecule has 4 atom stereocenters. The number of rotatable bonds is 6. The molecule has 22 heavy (non-hydrogen) atoms. The fourth-order valence-corrected chi connectivity index (χ4v) is 3.60. The summed E-state index contributed by atoms with van der Waals surface area (Å²) in [6, 6.07) is 0. The van der Waals surface area contributed by atoms with Crippen LogP contribution in [-0.4, -0.2) is 61.0 Å². The van der Waals surface area contributed by atoms with Crippen molar-refractivity contribution in [3.63, 3.8) is 0 Å². The minimum atomic E-state index is -0.356. The Morgan fingerprint density at radius 1 is 1.18 bits per heavy atom. The van der Waals surface area contributed by atoms with E-state index in [9.17, 15) is 14.4 Å². The Labute approximate surface area is 135 Å². The van der Waals surface area contributed by atoms with Crippen LogP contribution in [0.15, 0.2) is 0 Å². The summed E-state index contributed by atoms with van der Waals surface area (Å²) in [4.78, 5) is 37.6. The van der Waals surface area contributed by atoms with Crippen LogP contribution in [0.1, 0.15) is 19.8 Å². The quantitative estimate of drug-likeness (QED) is 0.496. The van der Waals surface area contributed by atoms with Crippen LogP contribution >= 0.6 is 12.4 Å². The van der Waals surface area contributed by atoms with Crippen molar-refractivity contribution in [3.05, 3.63) is 0 Å². The smallest absolute Gasteiger partial charge is 0.240 e. The van der Waals surface area contributed by atoms with Crippen molar-refractivity contribution < 1.29 is 19.1 Å². The number of likely N-dealkylation sites (tertiary alicyclic amines) is 1. The molecule has 0 saturated carbocycles. The molecule has 3 saturated heterocycles. The number of likely N-dealkylation sites (N-methyl/N-ethyl adjacent to an activating group) is 1. The van der Waals surface area contributed by atoms with Crippen molar-refractivity contribution in [2.75, 3.05) is 26.2 Å². The number of ether oxygens (including phenoxy) is 1. The van der Waals surface area contributed by atoms with Crippen molar-refractivity contribution in [1.29, 1.82) is 0 Å². The van der Waals surface area contributed by atoms with E-state index in [0.29, 0.717) is 13.1 Å². The summed E-state index contributed by atoms with van der Waals surface area (Å²) < 4.78 is 5.65. The third-order valence-electron chi connectivity index (χ3n) is 4.55. The maximum atomic E-state index is 12.3. The Hall–Kier alpha value is -1.18. The van der Waals surface area contributed by atoms with Gasteiger partial charge in [0.15, 0.2) is 0 Å². The maximum absolute atomic E-state index is 12.3. The molecule has 3 amide bonds. The zero-order valence-corrected chi connectivity index (χ0v) is 13.4. The molecule has 3 heterocycles. The first-order valence-corrected chi connectivity index (χ1v) is 7.61. The molecule has 124 valence electrons. The standard InChI is InChI=1S/C14H21N3O4.ClH/c1-2-15-5-6-16-10(18)7-17-13(19)11-8-3-4-9(21-8)12(11)14(17)20;/h8-9,11-12,15H,2-7H2,1H3,(H,16,18);1H. The highest BCUT2D eigenvalue weighted by atomic mass is 35.5. The molecule has 8 heteroatoms. The summed E-state index contributed by atoms with van der Waals surface area (Å²) in [6.45, 7) is 3.82. The number of halogens is 1. The van der Waals surface area contributed by atoms with Gasteiger partial charge in [-0.3, -0.25) is 19.3 Å². The van der Waals surface area contributed by atoms with Gasteiger partial charge in [-0.2, -0.15) is 0 Å². The minimum Gasteiger partial charge on any atom is -0.373 e. The van der Waals surface area contributed by atoms with Crippen LogP contribution < -0.4 is 10.6 Å². The van der Waals surface area contributed by atoms with E-state index in [1.807, 2.05) is 6.92 Å². The summed E-state index contributed by atoms with van der Waals surface area (Å²) in [5.41, 5.74) is 0. The second kappa shape index (κ2) is 6.93. The van der Waals surface area contributed by atoms with E-state index < -0.39 is 0 Å². The molecule has 0 aromatic heterocycles. The highest BCUT2D eigenvalue weighted by Crippen LogP contribution is 2.48. The molecular weight excluding hydrogens is 310 g/mol. The van der Waals surface area contributed by atoms with Gasteiger partial charge in [0.25, 0.3) is 0 Å². The molecular formula is C14H22ClN3O4. The topological polar surface area (TPSA) is 87.7 Å². The van der Waals surface area contributed by atoms with Gasteiger partial charge in [0.05, 0.1) is 24.0 Å². The number of nitrogens with one attached hydrogen (secondary N) is 2. The second-order valence-corrected chi connectivity index (χ2v) is 5.81. The average Bonchev–Trinajstić information content (AvgIpc) is 3.13. The predicted molar refractivity (Wildman–Crippen MR) is 80.4 cm³/mol. The Morgan fingerprint density at radius 2 is 1.77 bits per heavy atom. The first-order chi connectivity index (χ1) is 10.1. The van der Waals surface area contributed by atoms with Crippen LogP contribution in [0.4, 0.5) is 0 Å². The van der Waals surface area contributed by atoms with Gasteiger partial charge >= 0.3 is 0 Å². The van der Waals surface area contributed by atoms with Crippen LogP contribution in [0, 0.1) is 11.8 Å². The zero-order valence-electron chi connectivity index (χ0n) is 12.5. The molecule has 4 unspecified atom stereocenters. The van der Waals surface area contributed by atoms with Gasteiger partial charge in [-0.25, -0.2) is 0 Å². The number of amides is 3. The van der Waals surface area contributed by atoms with E-state index in [-0.39, 0.29) is 60.7 Å². The molecule has 7 nitrogen and oxygen atoms in total. The van der Waals surface area contributed by atoms with Gasteiger partial charge in [-0.1, -0.05) is 6.92 Å². The van der Waals surface area contributed by atoms with Gasteiger partial charge in [0, 0.05) is 13.1 Å². The van der Waals surface area contributed by atoms with Crippen molar-refractivity contribution in [2.45, 2.75) is 32.0 Å². The van der Waals surface area contributed by atoms with E-state index in [0.717, 1.165) is 24.3 Å². The van der Waals surface area contributed by atoms with Gasteiger partial charge in [-0.15, -0.1) is 12.4 Å². The molecule has 0 radical (unpaired) electrons. The maximum Gasteiger partial charge on any atom is 0.240 e. The summed E-state index contributed by atoms with van der Waals surface area (Å²) in [5, 5.41) is 5.80. The van der Waals surface area contributed by atoms with Crippen LogP contribution in [0.3, 0.4) is 0 Å². The lowest BCUT2D eigenvalue weighted by molar-refractivity contribution is -0.145. The molecule has 0 spiro atoms. The van der Waals surface area contributed by atoms with Crippen molar-refractivity contribution in [2.24, 2.45) is 11.8 Å².